The van der Waals surface area contributed by atoms with Crippen LogP contribution in [0, 0.1) is 5.92 Å². The summed E-state index contributed by atoms with van der Waals surface area (Å²) in [6, 6.07) is 8.13. The van der Waals surface area contributed by atoms with Crippen LogP contribution in [0.4, 0.5) is 0 Å². The van der Waals surface area contributed by atoms with Crippen molar-refractivity contribution in [2.45, 2.75) is 19.4 Å². The fourth-order valence-corrected chi connectivity index (χ4v) is 2.49. The molecule has 0 aromatic heterocycles. The average molecular weight is 275 g/mol. The molecule has 2 N–H and O–H groups in total. The summed E-state index contributed by atoms with van der Waals surface area (Å²) < 4.78 is 0. The van der Waals surface area contributed by atoms with Crippen molar-refractivity contribution in [2.24, 2.45) is 11.7 Å². The minimum atomic E-state index is 0. The van der Waals surface area contributed by atoms with Gasteiger partial charge in [-0.3, -0.25) is 4.90 Å². The van der Waals surface area contributed by atoms with E-state index in [2.05, 4.69) is 17.0 Å². The first-order valence-electron chi connectivity index (χ1n) is 5.95. The van der Waals surface area contributed by atoms with Crippen LogP contribution < -0.4 is 5.73 Å². The van der Waals surface area contributed by atoms with E-state index in [4.69, 9.17) is 17.3 Å². The van der Waals surface area contributed by atoms with Crippen LogP contribution in [0.5, 0.6) is 0 Å². The first-order valence-corrected chi connectivity index (χ1v) is 6.32. The standard InChI is InChI=1S/C13H19ClN2.ClH/c14-13-3-1-2-12(8-13)10-16-6-4-11(9-15)5-7-16;/h1-3,8,11H,4-7,9-10,15H2;1H. The van der Waals surface area contributed by atoms with Crippen LogP contribution in [0.25, 0.3) is 0 Å². The third kappa shape index (κ3) is 4.47. The maximum atomic E-state index is 5.97. The van der Waals surface area contributed by atoms with Crippen LogP contribution in [0.1, 0.15) is 18.4 Å². The van der Waals surface area contributed by atoms with Gasteiger partial charge in [-0.2, -0.15) is 0 Å². The number of hydrogen-bond donors (Lipinski definition) is 1. The molecule has 0 saturated carbocycles. The van der Waals surface area contributed by atoms with E-state index in [0.29, 0.717) is 0 Å². The maximum Gasteiger partial charge on any atom is 0.0409 e. The van der Waals surface area contributed by atoms with Crippen LogP contribution in [0.2, 0.25) is 5.02 Å². The molecule has 1 aromatic rings. The molecule has 17 heavy (non-hydrogen) atoms. The molecule has 1 fully saturated rings. The van der Waals surface area contributed by atoms with Gasteiger partial charge < -0.3 is 5.73 Å². The highest BCUT2D eigenvalue weighted by Crippen LogP contribution is 2.19. The summed E-state index contributed by atoms with van der Waals surface area (Å²) in [5.74, 6) is 0.732. The highest BCUT2D eigenvalue weighted by atomic mass is 35.5. The number of nitrogens with two attached hydrogens (primary N) is 1. The van der Waals surface area contributed by atoms with Gasteiger partial charge in [-0.25, -0.2) is 0 Å². The molecular formula is C13H20Cl2N2. The van der Waals surface area contributed by atoms with E-state index in [1.807, 2.05) is 12.1 Å². The minimum Gasteiger partial charge on any atom is -0.330 e. The van der Waals surface area contributed by atoms with Crippen LogP contribution >= 0.6 is 24.0 Å². The Morgan fingerprint density at radius 1 is 1.29 bits per heavy atom. The quantitative estimate of drug-likeness (QED) is 0.919. The lowest BCUT2D eigenvalue weighted by molar-refractivity contribution is 0.180. The van der Waals surface area contributed by atoms with Crippen molar-refractivity contribution in [1.29, 1.82) is 0 Å². The Balaban J connectivity index is 0.00000144. The van der Waals surface area contributed by atoms with Crippen molar-refractivity contribution in [2.75, 3.05) is 19.6 Å². The first kappa shape index (κ1) is 14.8. The fourth-order valence-electron chi connectivity index (χ4n) is 2.27. The second kappa shape index (κ2) is 7.22. The van der Waals surface area contributed by atoms with E-state index >= 15 is 0 Å². The van der Waals surface area contributed by atoms with Gasteiger partial charge in [-0.1, -0.05) is 23.7 Å². The van der Waals surface area contributed by atoms with Gasteiger partial charge in [-0.05, 0) is 56.1 Å². The Labute approximate surface area is 115 Å². The summed E-state index contributed by atoms with van der Waals surface area (Å²) in [6.45, 7) is 4.17. The van der Waals surface area contributed by atoms with Crippen LogP contribution in [0.15, 0.2) is 24.3 Å². The van der Waals surface area contributed by atoms with Crippen molar-refractivity contribution >= 4 is 24.0 Å². The molecule has 1 saturated heterocycles. The van der Waals surface area contributed by atoms with Crippen molar-refractivity contribution in [3.05, 3.63) is 34.9 Å². The van der Waals surface area contributed by atoms with Crippen molar-refractivity contribution in [3.63, 3.8) is 0 Å². The SMILES string of the molecule is Cl.NCC1CCN(Cc2cccc(Cl)c2)CC1. The number of piperidine rings is 1. The molecule has 1 heterocycles. The topological polar surface area (TPSA) is 29.3 Å². The van der Waals surface area contributed by atoms with Crippen molar-refractivity contribution in [3.8, 4) is 0 Å². The second-order valence-corrected chi connectivity index (χ2v) is 5.02. The lowest BCUT2D eigenvalue weighted by Gasteiger charge is -2.31. The van der Waals surface area contributed by atoms with E-state index in [0.717, 1.165) is 37.1 Å². The summed E-state index contributed by atoms with van der Waals surface area (Å²) in [6.07, 6.45) is 2.47. The molecule has 0 radical (unpaired) electrons. The molecule has 0 atom stereocenters. The minimum absolute atomic E-state index is 0. The zero-order valence-corrected chi connectivity index (χ0v) is 11.5. The molecule has 1 aliphatic heterocycles. The second-order valence-electron chi connectivity index (χ2n) is 4.59. The van der Waals surface area contributed by atoms with E-state index in [1.54, 1.807) is 0 Å². The predicted octanol–water partition coefficient (Wildman–Crippen LogP) is 2.93. The van der Waals surface area contributed by atoms with Crippen LogP contribution in [-0.2, 0) is 6.54 Å². The molecule has 0 amide bonds. The van der Waals surface area contributed by atoms with E-state index in [-0.39, 0.29) is 12.4 Å². The number of halogens is 2. The molecule has 2 nitrogen and oxygen atoms in total. The largest absolute Gasteiger partial charge is 0.330 e. The third-order valence-corrected chi connectivity index (χ3v) is 3.57. The normalized spacial score (nSPS) is 17.8. The Morgan fingerprint density at radius 3 is 2.59 bits per heavy atom. The summed E-state index contributed by atoms with van der Waals surface area (Å²) in [7, 11) is 0. The zero-order valence-electron chi connectivity index (χ0n) is 9.94. The molecule has 0 aliphatic carbocycles. The summed E-state index contributed by atoms with van der Waals surface area (Å²) in [5, 5.41) is 0.828. The number of rotatable bonds is 3. The highest BCUT2D eigenvalue weighted by molar-refractivity contribution is 6.30. The summed E-state index contributed by atoms with van der Waals surface area (Å²) in [5.41, 5.74) is 6.99. The van der Waals surface area contributed by atoms with Gasteiger partial charge in [0.15, 0.2) is 0 Å². The van der Waals surface area contributed by atoms with Crippen LogP contribution in [0.3, 0.4) is 0 Å². The molecule has 4 heteroatoms. The maximum absolute atomic E-state index is 5.97. The predicted molar refractivity (Wildman–Crippen MR) is 75.8 cm³/mol. The monoisotopic (exact) mass is 274 g/mol. The number of likely N-dealkylation sites (tertiary alicyclic amines) is 1. The van der Waals surface area contributed by atoms with E-state index < -0.39 is 0 Å². The molecular weight excluding hydrogens is 255 g/mol. The Bertz CT molecular complexity index is 336. The number of nitrogens with zero attached hydrogens (tertiary/aromatic N) is 1. The van der Waals surface area contributed by atoms with E-state index in [9.17, 15) is 0 Å². The summed E-state index contributed by atoms with van der Waals surface area (Å²) >= 11 is 5.97. The molecule has 0 spiro atoms. The molecule has 96 valence electrons. The smallest absolute Gasteiger partial charge is 0.0409 e. The molecule has 0 bridgehead atoms. The lowest BCUT2D eigenvalue weighted by atomic mass is 9.97. The lowest BCUT2D eigenvalue weighted by Crippen LogP contribution is -2.35. The van der Waals surface area contributed by atoms with Gasteiger partial charge >= 0.3 is 0 Å². The molecule has 0 unspecified atom stereocenters. The van der Waals surface area contributed by atoms with Gasteiger partial charge in [-0.15, -0.1) is 12.4 Å². The Hall–Kier alpha value is -0.280. The zero-order chi connectivity index (χ0) is 11.4. The van der Waals surface area contributed by atoms with Crippen molar-refractivity contribution < 1.29 is 0 Å². The molecule has 1 aromatic carbocycles. The Kier molecular flexibility index (Phi) is 6.28. The first-order chi connectivity index (χ1) is 7.78. The van der Waals surface area contributed by atoms with E-state index in [1.165, 1.54) is 18.4 Å². The summed E-state index contributed by atoms with van der Waals surface area (Å²) in [4.78, 5) is 2.48. The van der Waals surface area contributed by atoms with Gasteiger partial charge in [0, 0.05) is 11.6 Å². The fraction of sp³-hybridized carbons (Fsp3) is 0.538. The van der Waals surface area contributed by atoms with Gasteiger partial charge in [0.1, 0.15) is 0 Å². The Morgan fingerprint density at radius 2 is 2.00 bits per heavy atom. The average Bonchev–Trinajstić information content (AvgIpc) is 2.30. The van der Waals surface area contributed by atoms with Crippen molar-refractivity contribution in [1.82, 2.24) is 4.90 Å². The third-order valence-electron chi connectivity index (χ3n) is 3.34. The number of benzene rings is 1. The van der Waals surface area contributed by atoms with Crippen LogP contribution in [-0.4, -0.2) is 24.5 Å². The molecule has 2 rings (SSSR count). The van der Waals surface area contributed by atoms with Gasteiger partial charge in [0.2, 0.25) is 0 Å². The highest BCUT2D eigenvalue weighted by Gasteiger charge is 2.17. The van der Waals surface area contributed by atoms with Gasteiger partial charge in [0.25, 0.3) is 0 Å². The number of hydrogen-bond acceptors (Lipinski definition) is 2. The van der Waals surface area contributed by atoms with Gasteiger partial charge in [0.05, 0.1) is 0 Å². The molecule has 1 aliphatic rings.